The Hall–Kier alpha value is -2.25. The van der Waals surface area contributed by atoms with Gasteiger partial charge in [-0.15, -0.1) is 0 Å². The molecule has 1 aliphatic heterocycles. The number of nitrogens with one attached hydrogen (secondary N) is 1. The van der Waals surface area contributed by atoms with E-state index in [2.05, 4.69) is 10.3 Å². The van der Waals surface area contributed by atoms with Gasteiger partial charge < -0.3 is 5.32 Å². The van der Waals surface area contributed by atoms with Crippen molar-refractivity contribution in [1.29, 1.82) is 0 Å². The summed E-state index contributed by atoms with van der Waals surface area (Å²) in [6.45, 7) is 4.47. The fourth-order valence-electron chi connectivity index (χ4n) is 3.06. The van der Waals surface area contributed by atoms with E-state index in [1.165, 1.54) is 4.31 Å². The molecule has 138 valence electrons. The van der Waals surface area contributed by atoms with Crippen LogP contribution in [0.5, 0.6) is 0 Å². The lowest BCUT2D eigenvalue weighted by Crippen LogP contribution is -2.41. The number of hydrogen-bond donors (Lipinski definition) is 1. The molecule has 7 heteroatoms. The predicted molar refractivity (Wildman–Crippen MR) is 100 cm³/mol. The quantitative estimate of drug-likeness (QED) is 0.894. The fourth-order valence-corrected chi connectivity index (χ4v) is 4.53. The molecule has 2 heterocycles. The minimum absolute atomic E-state index is 0.101. The number of aryl methyl sites for hydroxylation is 2. The van der Waals surface area contributed by atoms with Gasteiger partial charge in [0.1, 0.15) is 5.82 Å². The second-order valence-electron chi connectivity index (χ2n) is 6.64. The number of hydrogen-bond acceptors (Lipinski definition) is 4. The van der Waals surface area contributed by atoms with Crippen LogP contribution in [-0.4, -0.2) is 36.7 Å². The summed E-state index contributed by atoms with van der Waals surface area (Å²) in [6, 6.07) is 12.3. The summed E-state index contributed by atoms with van der Waals surface area (Å²) in [4.78, 5) is 17.0. The summed E-state index contributed by atoms with van der Waals surface area (Å²) in [7, 11) is -3.50. The molecule has 1 fully saturated rings. The molecule has 1 aromatic carbocycles. The highest BCUT2D eigenvalue weighted by atomic mass is 32.2. The average Bonchev–Trinajstić information content (AvgIpc) is 2.62. The van der Waals surface area contributed by atoms with Crippen molar-refractivity contribution < 1.29 is 13.2 Å². The molecule has 0 unspecified atom stereocenters. The summed E-state index contributed by atoms with van der Waals surface area (Å²) in [5.74, 6) is 0.224. The number of amides is 1. The Morgan fingerprint density at radius 1 is 1.08 bits per heavy atom. The van der Waals surface area contributed by atoms with Gasteiger partial charge in [0.25, 0.3) is 0 Å². The van der Waals surface area contributed by atoms with Crippen LogP contribution in [0.1, 0.15) is 24.1 Å². The van der Waals surface area contributed by atoms with Crippen LogP contribution in [0, 0.1) is 19.8 Å². The van der Waals surface area contributed by atoms with E-state index >= 15 is 0 Å². The van der Waals surface area contributed by atoms with E-state index in [1.807, 2.05) is 26.0 Å². The number of nitrogens with zero attached hydrogens (tertiary/aromatic N) is 2. The van der Waals surface area contributed by atoms with Gasteiger partial charge in [-0.25, -0.2) is 13.4 Å². The number of rotatable bonds is 4. The molecule has 1 N–H and O–H groups in total. The largest absolute Gasteiger partial charge is 0.310 e. The Morgan fingerprint density at radius 2 is 1.73 bits per heavy atom. The van der Waals surface area contributed by atoms with Gasteiger partial charge in [-0.1, -0.05) is 23.8 Å². The van der Waals surface area contributed by atoms with Gasteiger partial charge >= 0.3 is 0 Å². The second kappa shape index (κ2) is 7.55. The fraction of sp³-hybridized carbons (Fsp3) is 0.368. The minimum atomic E-state index is -3.50. The number of piperidine rings is 1. The molecule has 1 aromatic heterocycles. The van der Waals surface area contributed by atoms with Gasteiger partial charge in [-0.05, 0) is 51.0 Å². The van der Waals surface area contributed by atoms with E-state index in [1.54, 1.807) is 30.3 Å². The van der Waals surface area contributed by atoms with Crippen molar-refractivity contribution in [3.05, 3.63) is 53.7 Å². The molecule has 0 bridgehead atoms. The summed E-state index contributed by atoms with van der Waals surface area (Å²) in [5.41, 5.74) is 1.85. The van der Waals surface area contributed by atoms with E-state index in [-0.39, 0.29) is 11.8 Å². The summed E-state index contributed by atoms with van der Waals surface area (Å²) >= 11 is 0. The molecule has 26 heavy (non-hydrogen) atoms. The van der Waals surface area contributed by atoms with E-state index in [0.717, 1.165) is 11.3 Å². The van der Waals surface area contributed by atoms with Crippen LogP contribution < -0.4 is 5.32 Å². The Balaban J connectivity index is 1.61. The molecule has 6 nitrogen and oxygen atoms in total. The smallest absolute Gasteiger partial charge is 0.243 e. The molecule has 1 aliphatic rings. The Morgan fingerprint density at radius 3 is 2.35 bits per heavy atom. The third-order valence-corrected chi connectivity index (χ3v) is 6.54. The van der Waals surface area contributed by atoms with Crippen molar-refractivity contribution >= 4 is 21.7 Å². The first-order valence-corrected chi connectivity index (χ1v) is 10.1. The molecule has 0 atom stereocenters. The number of sulfonamides is 1. The van der Waals surface area contributed by atoms with Crippen LogP contribution >= 0.6 is 0 Å². The third kappa shape index (κ3) is 4.11. The maximum Gasteiger partial charge on any atom is 0.243 e. The number of carbonyl (C=O) groups is 1. The minimum Gasteiger partial charge on any atom is -0.310 e. The Labute approximate surface area is 154 Å². The number of benzene rings is 1. The van der Waals surface area contributed by atoms with Crippen molar-refractivity contribution in [2.24, 2.45) is 5.92 Å². The first kappa shape index (κ1) is 18.5. The monoisotopic (exact) mass is 373 g/mol. The first-order valence-electron chi connectivity index (χ1n) is 8.67. The zero-order valence-electron chi connectivity index (χ0n) is 15.0. The predicted octanol–water partition coefficient (Wildman–Crippen LogP) is 2.74. The highest BCUT2D eigenvalue weighted by molar-refractivity contribution is 7.89. The zero-order chi connectivity index (χ0) is 18.7. The van der Waals surface area contributed by atoms with Crippen molar-refractivity contribution in [1.82, 2.24) is 9.29 Å². The first-order chi connectivity index (χ1) is 12.4. The van der Waals surface area contributed by atoms with E-state index in [0.29, 0.717) is 36.6 Å². The Bertz CT molecular complexity index is 887. The molecule has 0 aliphatic carbocycles. The van der Waals surface area contributed by atoms with Gasteiger partial charge in [0, 0.05) is 24.7 Å². The van der Waals surface area contributed by atoms with Crippen LogP contribution in [0.3, 0.4) is 0 Å². The van der Waals surface area contributed by atoms with Crippen molar-refractivity contribution in [3.8, 4) is 0 Å². The summed E-state index contributed by atoms with van der Waals surface area (Å²) in [5, 5.41) is 2.83. The molecule has 2 aromatic rings. The summed E-state index contributed by atoms with van der Waals surface area (Å²) < 4.78 is 26.9. The lowest BCUT2D eigenvalue weighted by molar-refractivity contribution is -0.120. The van der Waals surface area contributed by atoms with Crippen LogP contribution in [0.15, 0.2) is 47.4 Å². The van der Waals surface area contributed by atoms with Gasteiger partial charge in [0.05, 0.1) is 4.90 Å². The molecule has 0 saturated carbocycles. The van der Waals surface area contributed by atoms with E-state index in [9.17, 15) is 13.2 Å². The van der Waals surface area contributed by atoms with Gasteiger partial charge in [-0.2, -0.15) is 4.31 Å². The number of aromatic nitrogens is 1. The number of anilines is 1. The lowest BCUT2D eigenvalue weighted by atomic mass is 9.97. The van der Waals surface area contributed by atoms with Gasteiger partial charge in [-0.3, -0.25) is 4.79 Å². The third-order valence-electron chi connectivity index (χ3n) is 4.62. The maximum atomic E-state index is 12.7. The van der Waals surface area contributed by atoms with Crippen molar-refractivity contribution in [2.75, 3.05) is 18.4 Å². The van der Waals surface area contributed by atoms with Crippen LogP contribution in [0.25, 0.3) is 0 Å². The van der Waals surface area contributed by atoms with E-state index < -0.39 is 10.0 Å². The molecule has 0 radical (unpaired) electrons. The highest BCUT2D eigenvalue weighted by Crippen LogP contribution is 2.25. The highest BCUT2D eigenvalue weighted by Gasteiger charge is 2.32. The molecular formula is C19H23N3O3S. The molecule has 3 rings (SSSR count). The standard InChI is InChI=1S/C19H23N3O3S/c1-14-6-8-17(9-7-14)26(24,25)22-12-10-16(11-13-22)19(23)21-18-5-3-4-15(2)20-18/h3-9,16H,10-13H2,1-2H3,(H,20,21,23). The van der Waals surface area contributed by atoms with Crippen LogP contribution in [0.2, 0.25) is 0 Å². The zero-order valence-corrected chi connectivity index (χ0v) is 15.8. The lowest BCUT2D eigenvalue weighted by Gasteiger charge is -2.30. The Kier molecular flexibility index (Phi) is 5.38. The van der Waals surface area contributed by atoms with Crippen LogP contribution in [-0.2, 0) is 14.8 Å². The SMILES string of the molecule is Cc1ccc(S(=O)(=O)N2CCC(C(=O)Nc3cccc(C)n3)CC2)cc1. The number of pyridine rings is 1. The normalized spacial score (nSPS) is 16.4. The van der Waals surface area contributed by atoms with Crippen molar-refractivity contribution in [2.45, 2.75) is 31.6 Å². The average molecular weight is 373 g/mol. The second-order valence-corrected chi connectivity index (χ2v) is 8.58. The molecule has 1 amide bonds. The topological polar surface area (TPSA) is 79.4 Å². The van der Waals surface area contributed by atoms with Gasteiger partial charge in [0.15, 0.2) is 0 Å². The van der Waals surface area contributed by atoms with E-state index in [4.69, 9.17) is 0 Å². The summed E-state index contributed by atoms with van der Waals surface area (Å²) in [6.07, 6.45) is 1.01. The van der Waals surface area contributed by atoms with Gasteiger partial charge in [0.2, 0.25) is 15.9 Å². The maximum absolute atomic E-state index is 12.7. The van der Waals surface area contributed by atoms with Crippen molar-refractivity contribution in [3.63, 3.8) is 0 Å². The van der Waals surface area contributed by atoms with Crippen LogP contribution in [0.4, 0.5) is 5.82 Å². The molecule has 1 saturated heterocycles. The number of carbonyl (C=O) groups excluding carboxylic acids is 1. The molecular weight excluding hydrogens is 350 g/mol. The molecule has 0 spiro atoms.